The maximum atomic E-state index is 12.6. The van der Waals surface area contributed by atoms with Crippen molar-refractivity contribution in [3.63, 3.8) is 0 Å². The largest absolute Gasteiger partial charge is 0.497 e. The van der Waals surface area contributed by atoms with Crippen molar-refractivity contribution < 1.29 is 23.8 Å². The summed E-state index contributed by atoms with van der Waals surface area (Å²) in [5, 5.41) is 2.92. The van der Waals surface area contributed by atoms with E-state index in [1.807, 2.05) is 36.4 Å². The molecule has 0 bridgehead atoms. The molecule has 0 aliphatic carbocycles. The Hall–Kier alpha value is -3.22. The Balaban J connectivity index is 1.53. The lowest BCUT2D eigenvalue weighted by Gasteiger charge is -2.33. The number of amides is 2. The molecule has 2 aromatic carbocycles. The van der Waals surface area contributed by atoms with E-state index in [9.17, 15) is 9.59 Å². The monoisotopic (exact) mass is 440 g/mol. The number of nitrogens with one attached hydrogen (secondary N) is 1. The predicted octanol–water partition coefficient (Wildman–Crippen LogP) is 4.80. The van der Waals surface area contributed by atoms with Gasteiger partial charge in [-0.1, -0.05) is 19.8 Å². The highest BCUT2D eigenvalue weighted by Crippen LogP contribution is 2.36. The number of fused-ring (bicyclic) bond motifs is 1. The smallest absolute Gasteiger partial charge is 0.267 e. The molecular weight excluding hydrogens is 408 g/mol. The SMILES string of the molecule is CCCCCN1C(=O)C(C)Oc2ccc(NC(=O)CCCOc3ccc(OC)cc3)cc21. The maximum absolute atomic E-state index is 12.6. The van der Waals surface area contributed by atoms with Crippen molar-refractivity contribution in [2.24, 2.45) is 0 Å². The minimum atomic E-state index is -0.504. The van der Waals surface area contributed by atoms with Crippen LogP contribution in [0.15, 0.2) is 42.5 Å². The second-order valence-electron chi connectivity index (χ2n) is 7.82. The fourth-order valence-corrected chi connectivity index (χ4v) is 3.55. The molecule has 3 rings (SSSR count). The van der Waals surface area contributed by atoms with E-state index in [2.05, 4.69) is 12.2 Å². The first-order valence-electron chi connectivity index (χ1n) is 11.2. The van der Waals surface area contributed by atoms with Crippen molar-refractivity contribution in [3.05, 3.63) is 42.5 Å². The number of benzene rings is 2. The van der Waals surface area contributed by atoms with Gasteiger partial charge in [0.05, 0.1) is 19.4 Å². The molecule has 1 atom stereocenters. The molecule has 0 aromatic heterocycles. The molecule has 0 fully saturated rings. The number of carbonyl (C=O) groups is 2. The zero-order chi connectivity index (χ0) is 22.9. The summed E-state index contributed by atoms with van der Waals surface area (Å²) >= 11 is 0. The Labute approximate surface area is 189 Å². The van der Waals surface area contributed by atoms with Crippen LogP contribution in [0.25, 0.3) is 0 Å². The third-order valence-electron chi connectivity index (χ3n) is 5.31. The summed E-state index contributed by atoms with van der Waals surface area (Å²) in [6.45, 7) is 4.98. The van der Waals surface area contributed by atoms with Crippen molar-refractivity contribution in [2.75, 3.05) is 30.5 Å². The number of methoxy groups -OCH3 is 1. The Kier molecular flexibility index (Phi) is 8.36. The van der Waals surface area contributed by atoms with Gasteiger partial charge in [-0.25, -0.2) is 0 Å². The van der Waals surface area contributed by atoms with Crippen molar-refractivity contribution in [1.82, 2.24) is 0 Å². The Morgan fingerprint density at radius 3 is 2.56 bits per heavy atom. The van der Waals surface area contributed by atoms with Crippen LogP contribution < -0.4 is 24.4 Å². The molecule has 0 radical (unpaired) electrons. The van der Waals surface area contributed by atoms with E-state index in [0.29, 0.717) is 43.1 Å². The van der Waals surface area contributed by atoms with E-state index < -0.39 is 6.10 Å². The molecule has 2 amide bonds. The number of hydrogen-bond acceptors (Lipinski definition) is 5. The molecular formula is C25H32N2O5. The molecule has 32 heavy (non-hydrogen) atoms. The molecule has 7 heteroatoms. The maximum Gasteiger partial charge on any atom is 0.267 e. The van der Waals surface area contributed by atoms with Crippen molar-refractivity contribution in [2.45, 2.75) is 52.1 Å². The lowest BCUT2D eigenvalue weighted by Crippen LogP contribution is -2.44. The quantitative estimate of drug-likeness (QED) is 0.508. The van der Waals surface area contributed by atoms with Gasteiger partial charge in [0, 0.05) is 18.7 Å². The van der Waals surface area contributed by atoms with Gasteiger partial charge in [-0.05, 0) is 62.2 Å². The third-order valence-corrected chi connectivity index (χ3v) is 5.31. The Morgan fingerprint density at radius 1 is 1.09 bits per heavy atom. The number of unbranched alkanes of at least 4 members (excludes halogenated alkanes) is 2. The summed E-state index contributed by atoms with van der Waals surface area (Å²) < 4.78 is 16.5. The van der Waals surface area contributed by atoms with Crippen molar-refractivity contribution in [3.8, 4) is 17.2 Å². The van der Waals surface area contributed by atoms with Crippen LogP contribution in [0.4, 0.5) is 11.4 Å². The number of anilines is 2. The lowest BCUT2D eigenvalue weighted by molar-refractivity contribution is -0.125. The molecule has 1 aliphatic rings. The summed E-state index contributed by atoms with van der Waals surface area (Å²) in [7, 11) is 1.62. The minimum Gasteiger partial charge on any atom is -0.497 e. The summed E-state index contributed by atoms with van der Waals surface area (Å²) in [6.07, 6.45) is 3.49. The molecule has 1 heterocycles. The van der Waals surface area contributed by atoms with Gasteiger partial charge in [0.2, 0.25) is 5.91 Å². The molecule has 0 spiro atoms. The fourth-order valence-electron chi connectivity index (χ4n) is 3.55. The highest BCUT2D eigenvalue weighted by atomic mass is 16.5. The zero-order valence-corrected chi connectivity index (χ0v) is 19.1. The van der Waals surface area contributed by atoms with Crippen LogP contribution in [0.2, 0.25) is 0 Å². The van der Waals surface area contributed by atoms with E-state index in [4.69, 9.17) is 14.2 Å². The van der Waals surface area contributed by atoms with Crippen LogP contribution in [-0.2, 0) is 9.59 Å². The predicted molar refractivity (Wildman–Crippen MR) is 125 cm³/mol. The van der Waals surface area contributed by atoms with E-state index in [1.165, 1.54) is 0 Å². The first kappa shape index (κ1) is 23.4. The van der Waals surface area contributed by atoms with Gasteiger partial charge in [0.1, 0.15) is 17.2 Å². The van der Waals surface area contributed by atoms with E-state index in [0.717, 1.165) is 30.8 Å². The molecule has 1 aliphatic heterocycles. The van der Waals surface area contributed by atoms with Crippen LogP contribution in [0.3, 0.4) is 0 Å². The number of nitrogens with zero attached hydrogens (tertiary/aromatic N) is 1. The topological polar surface area (TPSA) is 77.1 Å². The first-order valence-corrected chi connectivity index (χ1v) is 11.2. The lowest BCUT2D eigenvalue weighted by atomic mass is 10.1. The molecule has 0 saturated carbocycles. The molecule has 1 unspecified atom stereocenters. The standard InChI is InChI=1S/C25H32N2O5/c1-4-5-6-15-27-22-17-19(9-14-23(22)32-18(2)25(27)29)26-24(28)8-7-16-31-21-12-10-20(30-3)11-13-21/h9-14,17-18H,4-8,15-16H2,1-3H3,(H,26,28). The molecule has 1 N–H and O–H groups in total. The minimum absolute atomic E-state index is 0.0484. The Morgan fingerprint density at radius 2 is 1.84 bits per heavy atom. The van der Waals surface area contributed by atoms with Crippen LogP contribution in [-0.4, -0.2) is 38.2 Å². The number of carbonyl (C=O) groups excluding carboxylic acids is 2. The van der Waals surface area contributed by atoms with Gasteiger partial charge in [-0.2, -0.15) is 0 Å². The highest BCUT2D eigenvalue weighted by molar-refractivity contribution is 6.01. The number of rotatable bonds is 11. The third kappa shape index (κ3) is 6.15. The summed E-state index contributed by atoms with van der Waals surface area (Å²) in [5.74, 6) is 2.03. The van der Waals surface area contributed by atoms with Crippen LogP contribution in [0.5, 0.6) is 17.2 Å². The van der Waals surface area contributed by atoms with Gasteiger partial charge in [0.25, 0.3) is 5.91 Å². The van der Waals surface area contributed by atoms with E-state index >= 15 is 0 Å². The van der Waals surface area contributed by atoms with Gasteiger partial charge in [-0.15, -0.1) is 0 Å². The first-order chi connectivity index (χ1) is 15.5. The zero-order valence-electron chi connectivity index (χ0n) is 19.1. The molecule has 7 nitrogen and oxygen atoms in total. The van der Waals surface area contributed by atoms with E-state index in [-0.39, 0.29) is 11.8 Å². The molecule has 2 aromatic rings. The van der Waals surface area contributed by atoms with Gasteiger partial charge in [-0.3, -0.25) is 9.59 Å². The average molecular weight is 441 g/mol. The fraction of sp³-hybridized carbons (Fsp3) is 0.440. The van der Waals surface area contributed by atoms with Gasteiger partial charge >= 0.3 is 0 Å². The van der Waals surface area contributed by atoms with Crippen LogP contribution in [0.1, 0.15) is 46.0 Å². The van der Waals surface area contributed by atoms with Crippen LogP contribution in [0, 0.1) is 0 Å². The molecule has 172 valence electrons. The molecule has 0 saturated heterocycles. The number of ether oxygens (including phenoxy) is 3. The summed E-state index contributed by atoms with van der Waals surface area (Å²) in [5.41, 5.74) is 1.36. The number of hydrogen-bond donors (Lipinski definition) is 1. The van der Waals surface area contributed by atoms with Crippen molar-refractivity contribution >= 4 is 23.2 Å². The second-order valence-corrected chi connectivity index (χ2v) is 7.82. The Bertz CT molecular complexity index is 913. The average Bonchev–Trinajstić information content (AvgIpc) is 2.80. The van der Waals surface area contributed by atoms with E-state index in [1.54, 1.807) is 25.0 Å². The highest BCUT2D eigenvalue weighted by Gasteiger charge is 2.31. The van der Waals surface area contributed by atoms with Gasteiger partial charge in [0.15, 0.2) is 6.10 Å². The van der Waals surface area contributed by atoms with Gasteiger partial charge < -0.3 is 24.4 Å². The summed E-state index contributed by atoms with van der Waals surface area (Å²) in [6, 6.07) is 12.8. The van der Waals surface area contributed by atoms with Crippen molar-refractivity contribution in [1.29, 1.82) is 0 Å². The second kappa shape index (κ2) is 11.4. The van der Waals surface area contributed by atoms with Crippen LogP contribution >= 0.6 is 0 Å². The normalized spacial score (nSPS) is 15.0. The summed E-state index contributed by atoms with van der Waals surface area (Å²) in [4.78, 5) is 26.8.